The van der Waals surface area contributed by atoms with E-state index in [4.69, 9.17) is 9.26 Å². The van der Waals surface area contributed by atoms with Gasteiger partial charge in [0, 0.05) is 17.7 Å². The fourth-order valence-electron chi connectivity index (χ4n) is 2.40. The van der Waals surface area contributed by atoms with Crippen LogP contribution in [0.4, 0.5) is 0 Å². The number of hydrogen-bond acceptors (Lipinski definition) is 6. The predicted molar refractivity (Wildman–Crippen MR) is 85.7 cm³/mol. The monoisotopic (exact) mass is 399 g/mol. The Morgan fingerprint density at radius 1 is 1.35 bits per heavy atom. The third kappa shape index (κ3) is 2.92. The summed E-state index contributed by atoms with van der Waals surface area (Å²) in [5.74, 6) is 0.668. The maximum Gasteiger partial charge on any atom is 0.199 e. The van der Waals surface area contributed by atoms with Gasteiger partial charge in [0.25, 0.3) is 0 Å². The van der Waals surface area contributed by atoms with E-state index < -0.39 is 9.84 Å². The molecular formula is C15H14BrNO5S. The van der Waals surface area contributed by atoms with Crippen molar-refractivity contribution in [2.45, 2.75) is 23.7 Å². The molecule has 1 aliphatic rings. The molecule has 1 heterocycles. The molecule has 0 saturated heterocycles. The first-order valence-electron chi connectivity index (χ1n) is 6.90. The molecule has 1 aromatic heterocycles. The highest BCUT2D eigenvalue weighted by Crippen LogP contribution is 2.43. The summed E-state index contributed by atoms with van der Waals surface area (Å²) in [5, 5.41) is 3.72. The molecule has 0 N–H and O–H groups in total. The Bertz CT molecular complexity index is 883. The molecular weight excluding hydrogens is 386 g/mol. The van der Waals surface area contributed by atoms with Crippen LogP contribution in [-0.2, 0) is 9.84 Å². The molecule has 2 aromatic rings. The van der Waals surface area contributed by atoms with Crippen LogP contribution in [-0.4, -0.2) is 32.7 Å². The summed E-state index contributed by atoms with van der Waals surface area (Å²) < 4.78 is 34.3. The van der Waals surface area contributed by atoms with Gasteiger partial charge in [-0.25, -0.2) is 8.42 Å². The van der Waals surface area contributed by atoms with Crippen molar-refractivity contribution in [1.82, 2.24) is 5.16 Å². The van der Waals surface area contributed by atoms with Gasteiger partial charge in [0.1, 0.15) is 4.90 Å². The lowest BCUT2D eigenvalue weighted by Gasteiger charge is -2.12. The molecule has 0 atom stereocenters. The highest BCUT2D eigenvalue weighted by Gasteiger charge is 2.33. The summed E-state index contributed by atoms with van der Waals surface area (Å²) in [6, 6.07) is 2.84. The van der Waals surface area contributed by atoms with Gasteiger partial charge in [0.2, 0.25) is 0 Å². The number of aromatic nitrogens is 1. The number of ketones is 1. The molecule has 23 heavy (non-hydrogen) atoms. The van der Waals surface area contributed by atoms with Crippen LogP contribution >= 0.6 is 15.9 Å². The lowest BCUT2D eigenvalue weighted by molar-refractivity contribution is 0.103. The number of benzene rings is 1. The molecule has 0 spiro atoms. The fraction of sp³-hybridized carbons (Fsp3) is 0.333. The minimum Gasteiger partial charge on any atom is -0.494 e. The SMILES string of the molecule is COc1c(S(C)(=O)=O)ccc(C(=O)c2cnoc2C2CC2)c1Br. The van der Waals surface area contributed by atoms with Gasteiger partial charge >= 0.3 is 0 Å². The summed E-state index contributed by atoms with van der Waals surface area (Å²) >= 11 is 3.29. The topological polar surface area (TPSA) is 86.5 Å². The van der Waals surface area contributed by atoms with Crippen molar-refractivity contribution in [2.24, 2.45) is 0 Å². The summed E-state index contributed by atoms with van der Waals surface area (Å²) in [7, 11) is -2.11. The van der Waals surface area contributed by atoms with Crippen molar-refractivity contribution in [3.05, 3.63) is 39.7 Å². The second kappa shape index (κ2) is 5.76. The van der Waals surface area contributed by atoms with E-state index in [2.05, 4.69) is 21.1 Å². The number of sulfone groups is 1. The highest BCUT2D eigenvalue weighted by atomic mass is 79.9. The van der Waals surface area contributed by atoms with Gasteiger partial charge in [-0.3, -0.25) is 4.79 Å². The molecule has 0 radical (unpaired) electrons. The molecule has 6 nitrogen and oxygen atoms in total. The zero-order valence-corrected chi connectivity index (χ0v) is 14.9. The van der Waals surface area contributed by atoms with E-state index in [1.807, 2.05) is 0 Å². The minimum atomic E-state index is -3.47. The van der Waals surface area contributed by atoms with Gasteiger partial charge in [0.05, 0.1) is 23.3 Å². The Morgan fingerprint density at radius 3 is 2.61 bits per heavy atom. The Morgan fingerprint density at radius 2 is 2.04 bits per heavy atom. The molecule has 1 aliphatic carbocycles. The summed E-state index contributed by atoms with van der Waals surface area (Å²) in [4.78, 5) is 12.8. The van der Waals surface area contributed by atoms with E-state index in [-0.39, 0.29) is 22.3 Å². The maximum atomic E-state index is 12.8. The van der Waals surface area contributed by atoms with Crippen molar-refractivity contribution in [2.75, 3.05) is 13.4 Å². The van der Waals surface area contributed by atoms with E-state index in [0.717, 1.165) is 19.1 Å². The molecule has 0 amide bonds. The molecule has 1 saturated carbocycles. The number of hydrogen-bond donors (Lipinski definition) is 0. The Kier molecular flexibility index (Phi) is 4.05. The van der Waals surface area contributed by atoms with Crippen molar-refractivity contribution in [3.63, 3.8) is 0 Å². The first-order chi connectivity index (χ1) is 10.8. The van der Waals surface area contributed by atoms with Crippen molar-refractivity contribution >= 4 is 31.6 Å². The second-order valence-electron chi connectivity index (χ2n) is 5.44. The smallest absolute Gasteiger partial charge is 0.199 e. The maximum absolute atomic E-state index is 12.8. The van der Waals surface area contributed by atoms with Gasteiger partial charge in [-0.15, -0.1) is 0 Å². The number of rotatable bonds is 5. The van der Waals surface area contributed by atoms with Gasteiger partial charge < -0.3 is 9.26 Å². The second-order valence-corrected chi connectivity index (χ2v) is 8.21. The highest BCUT2D eigenvalue weighted by molar-refractivity contribution is 9.10. The normalized spacial score (nSPS) is 14.7. The number of nitrogens with zero attached hydrogens (tertiary/aromatic N) is 1. The fourth-order valence-corrected chi connectivity index (χ4v) is 4.06. The van der Waals surface area contributed by atoms with E-state index in [9.17, 15) is 13.2 Å². The predicted octanol–water partition coefficient (Wildman–Crippen LogP) is 2.96. The van der Waals surface area contributed by atoms with Crippen molar-refractivity contribution < 1.29 is 22.5 Å². The van der Waals surface area contributed by atoms with E-state index in [1.54, 1.807) is 0 Å². The van der Waals surface area contributed by atoms with Crippen LogP contribution in [0, 0.1) is 0 Å². The first-order valence-corrected chi connectivity index (χ1v) is 9.59. The van der Waals surface area contributed by atoms with Crippen LogP contribution in [0.15, 0.2) is 32.2 Å². The van der Waals surface area contributed by atoms with Gasteiger partial charge in [-0.2, -0.15) is 0 Å². The van der Waals surface area contributed by atoms with Crippen LogP contribution < -0.4 is 4.74 Å². The molecule has 3 rings (SSSR count). The minimum absolute atomic E-state index is 0.0242. The van der Waals surface area contributed by atoms with E-state index in [0.29, 0.717) is 21.4 Å². The first kappa shape index (κ1) is 16.2. The molecule has 0 aliphatic heterocycles. The van der Waals surface area contributed by atoms with Gasteiger partial charge in [0.15, 0.2) is 27.1 Å². The number of carbonyl (C=O) groups excluding carboxylic acids is 1. The van der Waals surface area contributed by atoms with Crippen LogP contribution in [0.2, 0.25) is 0 Å². The summed E-state index contributed by atoms with van der Waals surface area (Å²) in [6.07, 6.45) is 4.45. The quantitative estimate of drug-likeness (QED) is 0.718. The molecule has 0 bridgehead atoms. The van der Waals surface area contributed by atoms with Crippen LogP contribution in [0.5, 0.6) is 5.75 Å². The summed E-state index contributed by atoms with van der Waals surface area (Å²) in [5.41, 5.74) is 0.710. The number of halogens is 1. The van der Waals surface area contributed by atoms with E-state index >= 15 is 0 Å². The Labute approximate surface area is 141 Å². The Balaban J connectivity index is 2.10. The van der Waals surface area contributed by atoms with Crippen molar-refractivity contribution in [3.8, 4) is 5.75 Å². The van der Waals surface area contributed by atoms with E-state index in [1.165, 1.54) is 25.4 Å². The third-order valence-electron chi connectivity index (χ3n) is 3.70. The van der Waals surface area contributed by atoms with Crippen LogP contribution in [0.1, 0.15) is 40.4 Å². The number of methoxy groups -OCH3 is 1. The largest absolute Gasteiger partial charge is 0.494 e. The Hall–Kier alpha value is -1.67. The molecule has 122 valence electrons. The third-order valence-corrected chi connectivity index (χ3v) is 5.61. The lowest BCUT2D eigenvalue weighted by atomic mass is 10.0. The molecule has 1 fully saturated rings. The van der Waals surface area contributed by atoms with Crippen molar-refractivity contribution in [1.29, 1.82) is 0 Å². The molecule has 8 heteroatoms. The number of ether oxygens (including phenoxy) is 1. The summed E-state index contributed by atoms with van der Waals surface area (Å²) in [6.45, 7) is 0. The van der Waals surface area contributed by atoms with Gasteiger partial charge in [-0.1, -0.05) is 5.16 Å². The zero-order valence-electron chi connectivity index (χ0n) is 12.5. The van der Waals surface area contributed by atoms with Gasteiger partial charge in [-0.05, 0) is 40.9 Å². The average molecular weight is 400 g/mol. The standard InChI is InChI=1S/C15H14BrNO5S/c1-21-15-11(23(2,19)20)6-5-9(12(15)16)13(18)10-7-17-22-14(10)8-3-4-8/h5-8H,3-4H2,1-2H3. The lowest BCUT2D eigenvalue weighted by Crippen LogP contribution is -2.08. The zero-order chi connectivity index (χ0) is 16.8. The van der Waals surface area contributed by atoms with Crippen LogP contribution in [0.3, 0.4) is 0 Å². The average Bonchev–Trinajstić information content (AvgIpc) is 3.22. The molecule has 1 aromatic carbocycles. The van der Waals surface area contributed by atoms with Crippen LogP contribution in [0.25, 0.3) is 0 Å². The number of carbonyl (C=O) groups is 1. The molecule has 0 unspecified atom stereocenters.